The first-order valence-electron chi connectivity index (χ1n) is 5.75. The summed E-state index contributed by atoms with van der Waals surface area (Å²) >= 11 is 0. The van der Waals surface area contributed by atoms with Crippen LogP contribution in [0, 0.1) is 0 Å². The lowest BCUT2D eigenvalue weighted by molar-refractivity contribution is -0.145. The molecule has 2 aliphatic rings. The summed E-state index contributed by atoms with van der Waals surface area (Å²) in [6.45, 7) is 5.76. The third-order valence-electron chi connectivity index (χ3n) is 3.07. The Morgan fingerprint density at radius 3 is 2.93 bits per heavy atom. The van der Waals surface area contributed by atoms with Gasteiger partial charge in [-0.3, -0.25) is 0 Å². The molecule has 1 aliphatic carbocycles. The maximum absolute atomic E-state index is 11.6. The van der Waals surface area contributed by atoms with Crippen LogP contribution in [-0.2, 0) is 14.3 Å². The van der Waals surface area contributed by atoms with Crippen LogP contribution in [0.1, 0.15) is 39.0 Å². The van der Waals surface area contributed by atoms with E-state index in [0.29, 0.717) is 17.8 Å². The van der Waals surface area contributed by atoms with Crippen molar-refractivity contribution in [1.29, 1.82) is 0 Å². The molecule has 2 rings (SSSR count). The molecule has 0 aromatic rings. The van der Waals surface area contributed by atoms with E-state index in [0.717, 1.165) is 32.1 Å². The topological polar surface area (TPSA) is 38.8 Å². The molecule has 0 amide bonds. The van der Waals surface area contributed by atoms with E-state index < -0.39 is 0 Å². The van der Waals surface area contributed by atoms with Crippen LogP contribution in [0.4, 0.5) is 0 Å². The summed E-state index contributed by atoms with van der Waals surface area (Å²) in [6.07, 6.45) is 5.37. The molecule has 1 heterocycles. The maximum Gasteiger partial charge on any atom is 0.333 e. The summed E-state index contributed by atoms with van der Waals surface area (Å²) < 4.78 is 10.8. The van der Waals surface area contributed by atoms with Gasteiger partial charge in [0.05, 0.1) is 12.2 Å². The Kier molecular flexibility index (Phi) is 3.10. The molecule has 3 heteroatoms. The van der Waals surface area contributed by atoms with Gasteiger partial charge in [0.1, 0.15) is 6.10 Å². The first-order chi connectivity index (χ1) is 7.20. The average Bonchev–Trinajstić information content (AvgIpc) is 2.96. The molecule has 0 aromatic heterocycles. The highest BCUT2D eigenvalue weighted by Crippen LogP contribution is 2.37. The lowest BCUT2D eigenvalue weighted by Gasteiger charge is -2.19. The Hall–Kier alpha value is -0.830. The Balaban J connectivity index is 1.75. The molecule has 0 bridgehead atoms. The van der Waals surface area contributed by atoms with Crippen molar-refractivity contribution < 1.29 is 14.3 Å². The van der Waals surface area contributed by atoms with Gasteiger partial charge in [0, 0.05) is 12.0 Å². The van der Waals surface area contributed by atoms with Crippen LogP contribution in [0.25, 0.3) is 0 Å². The molecule has 1 saturated heterocycles. The number of fused-ring (bicyclic) bond motifs is 1. The molecule has 15 heavy (non-hydrogen) atoms. The first kappa shape index (κ1) is 10.7. The third-order valence-corrected chi connectivity index (χ3v) is 3.07. The molecular weight excluding hydrogens is 192 g/mol. The van der Waals surface area contributed by atoms with E-state index in [1.54, 1.807) is 0 Å². The van der Waals surface area contributed by atoms with Crippen LogP contribution < -0.4 is 0 Å². The van der Waals surface area contributed by atoms with Crippen molar-refractivity contribution in [2.24, 2.45) is 0 Å². The van der Waals surface area contributed by atoms with Gasteiger partial charge >= 0.3 is 5.97 Å². The molecule has 0 N–H and O–H groups in total. The van der Waals surface area contributed by atoms with Crippen LogP contribution in [0.15, 0.2) is 12.2 Å². The molecule has 1 aliphatic heterocycles. The van der Waals surface area contributed by atoms with E-state index in [-0.39, 0.29) is 12.1 Å². The fraction of sp³-hybridized carbons (Fsp3) is 0.750. The molecule has 0 radical (unpaired) electrons. The number of rotatable bonds is 4. The lowest BCUT2D eigenvalue weighted by atomic mass is 9.98. The second-order valence-corrected chi connectivity index (χ2v) is 4.41. The first-order valence-corrected chi connectivity index (χ1v) is 5.75. The number of hydrogen-bond donors (Lipinski definition) is 0. The monoisotopic (exact) mass is 210 g/mol. The standard InChI is InChI=1S/C12H18O3/c1-3-4-8(2)12(13)14-9-5-6-10-11(7-9)15-10/h9-11H,2-7H2,1H3. The van der Waals surface area contributed by atoms with Crippen LogP contribution in [0.2, 0.25) is 0 Å². The minimum absolute atomic E-state index is 0.0508. The van der Waals surface area contributed by atoms with E-state index in [2.05, 4.69) is 6.58 Å². The third kappa shape index (κ3) is 2.59. The van der Waals surface area contributed by atoms with Gasteiger partial charge < -0.3 is 9.47 Å². The number of carbonyl (C=O) groups excluding carboxylic acids is 1. The second kappa shape index (κ2) is 4.35. The number of epoxide rings is 1. The molecule has 84 valence electrons. The number of ether oxygens (including phenoxy) is 2. The Morgan fingerprint density at radius 1 is 1.47 bits per heavy atom. The van der Waals surface area contributed by atoms with Crippen molar-refractivity contribution in [3.05, 3.63) is 12.2 Å². The van der Waals surface area contributed by atoms with Crippen molar-refractivity contribution in [2.75, 3.05) is 0 Å². The number of esters is 1. The maximum atomic E-state index is 11.6. The predicted octanol–water partition coefficient (Wildman–Crippen LogP) is 2.21. The molecule has 3 atom stereocenters. The molecule has 2 fully saturated rings. The smallest absolute Gasteiger partial charge is 0.333 e. The minimum atomic E-state index is -0.221. The van der Waals surface area contributed by atoms with Gasteiger partial charge in [-0.1, -0.05) is 19.9 Å². The van der Waals surface area contributed by atoms with Gasteiger partial charge in [0.15, 0.2) is 0 Å². The van der Waals surface area contributed by atoms with Crippen molar-refractivity contribution in [2.45, 2.75) is 57.3 Å². The number of carbonyl (C=O) groups is 1. The summed E-state index contributed by atoms with van der Waals surface area (Å²) in [5.41, 5.74) is 0.594. The second-order valence-electron chi connectivity index (χ2n) is 4.41. The quantitative estimate of drug-likeness (QED) is 0.405. The van der Waals surface area contributed by atoms with Crippen LogP contribution in [0.5, 0.6) is 0 Å². The van der Waals surface area contributed by atoms with Gasteiger partial charge in [0.25, 0.3) is 0 Å². The van der Waals surface area contributed by atoms with Gasteiger partial charge in [0.2, 0.25) is 0 Å². The Labute approximate surface area is 90.4 Å². The van der Waals surface area contributed by atoms with Gasteiger partial charge in [-0.25, -0.2) is 4.79 Å². The van der Waals surface area contributed by atoms with E-state index in [1.165, 1.54) is 0 Å². The fourth-order valence-electron chi connectivity index (χ4n) is 2.11. The van der Waals surface area contributed by atoms with E-state index in [9.17, 15) is 4.79 Å². The molecule has 0 aromatic carbocycles. The molecule has 1 saturated carbocycles. The summed E-state index contributed by atoms with van der Waals surface area (Å²) in [5.74, 6) is -0.221. The highest BCUT2D eigenvalue weighted by atomic mass is 16.6. The van der Waals surface area contributed by atoms with Crippen LogP contribution in [0.3, 0.4) is 0 Å². The lowest BCUT2D eigenvalue weighted by Crippen LogP contribution is -2.25. The average molecular weight is 210 g/mol. The normalized spacial score (nSPS) is 33.0. The van der Waals surface area contributed by atoms with Crippen molar-refractivity contribution in [3.8, 4) is 0 Å². The van der Waals surface area contributed by atoms with E-state index >= 15 is 0 Å². The van der Waals surface area contributed by atoms with Crippen molar-refractivity contribution in [3.63, 3.8) is 0 Å². The minimum Gasteiger partial charge on any atom is -0.459 e. The highest BCUT2D eigenvalue weighted by Gasteiger charge is 2.45. The molecular formula is C12H18O3. The molecule has 3 unspecified atom stereocenters. The van der Waals surface area contributed by atoms with Crippen molar-refractivity contribution >= 4 is 5.97 Å². The fourth-order valence-corrected chi connectivity index (χ4v) is 2.11. The molecule has 3 nitrogen and oxygen atoms in total. The Morgan fingerprint density at radius 2 is 2.27 bits per heavy atom. The summed E-state index contributed by atoms with van der Waals surface area (Å²) in [5, 5.41) is 0. The van der Waals surface area contributed by atoms with E-state index in [1.807, 2.05) is 6.92 Å². The van der Waals surface area contributed by atoms with Crippen LogP contribution in [-0.4, -0.2) is 24.3 Å². The van der Waals surface area contributed by atoms with Crippen molar-refractivity contribution in [1.82, 2.24) is 0 Å². The van der Waals surface area contributed by atoms with E-state index in [4.69, 9.17) is 9.47 Å². The predicted molar refractivity (Wildman–Crippen MR) is 56.4 cm³/mol. The zero-order chi connectivity index (χ0) is 10.8. The van der Waals surface area contributed by atoms with Gasteiger partial charge in [-0.05, 0) is 19.3 Å². The SMILES string of the molecule is C=C(CCC)C(=O)OC1CCC2OC2C1. The van der Waals surface area contributed by atoms with Crippen LogP contribution >= 0.6 is 0 Å². The summed E-state index contributed by atoms with van der Waals surface area (Å²) in [7, 11) is 0. The Bertz CT molecular complexity index is 272. The highest BCUT2D eigenvalue weighted by molar-refractivity contribution is 5.87. The zero-order valence-electron chi connectivity index (χ0n) is 9.20. The molecule has 0 spiro atoms. The van der Waals surface area contributed by atoms with Gasteiger partial charge in [-0.2, -0.15) is 0 Å². The number of hydrogen-bond acceptors (Lipinski definition) is 3. The summed E-state index contributed by atoms with van der Waals surface area (Å²) in [6, 6.07) is 0. The van der Waals surface area contributed by atoms with Gasteiger partial charge in [-0.15, -0.1) is 0 Å². The summed E-state index contributed by atoms with van der Waals surface area (Å²) in [4.78, 5) is 11.6. The largest absolute Gasteiger partial charge is 0.459 e. The zero-order valence-corrected chi connectivity index (χ0v) is 9.20.